The van der Waals surface area contributed by atoms with Gasteiger partial charge in [0.05, 0.1) is 5.01 Å². The summed E-state index contributed by atoms with van der Waals surface area (Å²) in [6.45, 7) is 6.28. The standard InChI is InChI=1S/C17H25N3O4S/c1-11(2)16-18-14(10-25-16)17(24)19-7-4-5-13(6-8-19)20(12(3)21)9-15(22)23/h10-11,13H,4-9H2,1-3H3,(H,22,23). The van der Waals surface area contributed by atoms with Gasteiger partial charge in [-0.3, -0.25) is 14.4 Å². The molecule has 1 aromatic heterocycles. The summed E-state index contributed by atoms with van der Waals surface area (Å²) in [6.07, 6.45) is 2.02. The first-order valence-electron chi connectivity index (χ1n) is 8.53. The first kappa shape index (κ1) is 19.4. The van der Waals surface area contributed by atoms with E-state index < -0.39 is 5.97 Å². The van der Waals surface area contributed by atoms with Crippen molar-refractivity contribution >= 4 is 29.1 Å². The van der Waals surface area contributed by atoms with E-state index in [-0.39, 0.29) is 24.4 Å². The number of amides is 2. The van der Waals surface area contributed by atoms with Crippen LogP contribution in [-0.4, -0.2) is 63.4 Å². The van der Waals surface area contributed by atoms with E-state index in [4.69, 9.17) is 5.11 Å². The molecule has 0 radical (unpaired) electrons. The lowest BCUT2D eigenvalue weighted by Crippen LogP contribution is -2.43. The van der Waals surface area contributed by atoms with E-state index in [0.29, 0.717) is 37.5 Å². The maximum absolute atomic E-state index is 12.7. The van der Waals surface area contributed by atoms with Gasteiger partial charge in [0.1, 0.15) is 12.2 Å². The van der Waals surface area contributed by atoms with E-state index in [0.717, 1.165) is 11.4 Å². The number of hydrogen-bond acceptors (Lipinski definition) is 5. The molecular weight excluding hydrogens is 342 g/mol. The van der Waals surface area contributed by atoms with Gasteiger partial charge in [0, 0.05) is 37.4 Å². The lowest BCUT2D eigenvalue weighted by molar-refractivity contribution is -0.145. The predicted octanol–water partition coefficient (Wildman–Crippen LogP) is 2.19. The smallest absolute Gasteiger partial charge is 0.323 e. The second-order valence-corrected chi connectivity index (χ2v) is 7.53. The fourth-order valence-electron chi connectivity index (χ4n) is 3.05. The van der Waals surface area contributed by atoms with E-state index in [1.165, 1.54) is 23.2 Å². The molecule has 1 aliphatic rings. The summed E-state index contributed by atoms with van der Waals surface area (Å²) >= 11 is 1.49. The van der Waals surface area contributed by atoms with Crippen LogP contribution >= 0.6 is 11.3 Å². The number of likely N-dealkylation sites (tertiary alicyclic amines) is 1. The molecule has 0 saturated carbocycles. The van der Waals surface area contributed by atoms with Crippen molar-refractivity contribution in [3.05, 3.63) is 16.1 Å². The van der Waals surface area contributed by atoms with Gasteiger partial charge in [0.2, 0.25) is 5.91 Å². The van der Waals surface area contributed by atoms with E-state index in [2.05, 4.69) is 4.98 Å². The van der Waals surface area contributed by atoms with Gasteiger partial charge in [-0.25, -0.2) is 4.98 Å². The number of aliphatic carboxylic acids is 1. The molecule has 2 heterocycles. The van der Waals surface area contributed by atoms with Gasteiger partial charge >= 0.3 is 5.97 Å². The number of carbonyl (C=O) groups is 3. The molecule has 1 aromatic rings. The van der Waals surface area contributed by atoms with Gasteiger partial charge < -0.3 is 14.9 Å². The number of carboxylic acid groups (broad SMARTS) is 1. The van der Waals surface area contributed by atoms with E-state index in [1.807, 2.05) is 13.8 Å². The average Bonchev–Trinajstić information content (AvgIpc) is 2.91. The van der Waals surface area contributed by atoms with Crippen molar-refractivity contribution in [2.75, 3.05) is 19.6 Å². The van der Waals surface area contributed by atoms with Crippen LogP contribution in [0.1, 0.15) is 61.4 Å². The topological polar surface area (TPSA) is 90.8 Å². The molecule has 0 aliphatic carbocycles. The van der Waals surface area contributed by atoms with Gasteiger partial charge in [-0.05, 0) is 19.3 Å². The number of thiazole rings is 1. The zero-order chi connectivity index (χ0) is 18.6. The second kappa shape index (κ2) is 8.42. The molecule has 2 rings (SSSR count). The third-order valence-electron chi connectivity index (χ3n) is 4.37. The Kier molecular flexibility index (Phi) is 6.52. The van der Waals surface area contributed by atoms with Crippen LogP contribution in [0.5, 0.6) is 0 Å². The molecule has 1 aliphatic heterocycles. The summed E-state index contributed by atoms with van der Waals surface area (Å²) in [7, 11) is 0. The van der Waals surface area contributed by atoms with E-state index in [1.54, 1.807) is 10.3 Å². The molecule has 138 valence electrons. The SMILES string of the molecule is CC(=O)N(CC(=O)O)C1CCCN(C(=O)c2csc(C(C)C)n2)CC1. The highest BCUT2D eigenvalue weighted by Crippen LogP contribution is 2.22. The van der Waals surface area contributed by atoms with Gasteiger partial charge in [0.25, 0.3) is 5.91 Å². The molecule has 0 bridgehead atoms. The van der Waals surface area contributed by atoms with Crippen molar-refractivity contribution in [1.82, 2.24) is 14.8 Å². The zero-order valence-corrected chi connectivity index (χ0v) is 15.7. The van der Waals surface area contributed by atoms with Crippen LogP contribution in [-0.2, 0) is 9.59 Å². The molecule has 2 amide bonds. The first-order chi connectivity index (χ1) is 11.8. The molecule has 1 saturated heterocycles. The third-order valence-corrected chi connectivity index (χ3v) is 5.52. The largest absolute Gasteiger partial charge is 0.480 e. The van der Waals surface area contributed by atoms with E-state index in [9.17, 15) is 14.4 Å². The number of aromatic nitrogens is 1. The van der Waals surface area contributed by atoms with Crippen LogP contribution in [0.3, 0.4) is 0 Å². The lowest BCUT2D eigenvalue weighted by Gasteiger charge is -2.28. The Bertz CT molecular complexity index is 644. The van der Waals surface area contributed by atoms with Crippen LogP contribution in [0.2, 0.25) is 0 Å². The van der Waals surface area contributed by atoms with Crippen LogP contribution in [0.25, 0.3) is 0 Å². The number of nitrogens with zero attached hydrogens (tertiary/aromatic N) is 3. The highest BCUT2D eigenvalue weighted by molar-refractivity contribution is 7.09. The molecule has 1 atom stereocenters. The number of rotatable bonds is 5. The predicted molar refractivity (Wildman–Crippen MR) is 94.8 cm³/mol. The average molecular weight is 367 g/mol. The fourth-order valence-corrected chi connectivity index (χ4v) is 3.86. The summed E-state index contributed by atoms with van der Waals surface area (Å²) in [6, 6.07) is -0.145. The molecule has 8 heteroatoms. The van der Waals surface area contributed by atoms with Crippen molar-refractivity contribution in [2.24, 2.45) is 0 Å². The summed E-state index contributed by atoms with van der Waals surface area (Å²) in [5.41, 5.74) is 0.473. The quantitative estimate of drug-likeness (QED) is 0.861. The Morgan fingerprint density at radius 1 is 1.36 bits per heavy atom. The minimum atomic E-state index is -1.02. The first-order valence-corrected chi connectivity index (χ1v) is 9.41. The molecule has 1 N–H and O–H groups in total. The molecule has 0 spiro atoms. The normalized spacial score (nSPS) is 18.1. The summed E-state index contributed by atoms with van der Waals surface area (Å²) in [5, 5.41) is 11.7. The van der Waals surface area contributed by atoms with Crippen molar-refractivity contribution in [3.63, 3.8) is 0 Å². The molecule has 0 aromatic carbocycles. The Hall–Kier alpha value is -1.96. The van der Waals surface area contributed by atoms with Crippen LogP contribution in [0.4, 0.5) is 0 Å². The fraction of sp³-hybridized carbons (Fsp3) is 0.647. The zero-order valence-electron chi connectivity index (χ0n) is 14.9. The highest BCUT2D eigenvalue weighted by Gasteiger charge is 2.28. The van der Waals surface area contributed by atoms with Crippen molar-refractivity contribution in [3.8, 4) is 0 Å². The Labute approximate surface area is 151 Å². The van der Waals surface area contributed by atoms with Crippen molar-refractivity contribution in [1.29, 1.82) is 0 Å². The van der Waals surface area contributed by atoms with Crippen LogP contribution in [0.15, 0.2) is 5.38 Å². The Balaban J connectivity index is 2.03. The lowest BCUT2D eigenvalue weighted by atomic mass is 10.1. The minimum absolute atomic E-state index is 0.0867. The second-order valence-electron chi connectivity index (χ2n) is 6.64. The number of hydrogen-bond donors (Lipinski definition) is 1. The van der Waals surface area contributed by atoms with Gasteiger partial charge in [-0.15, -0.1) is 11.3 Å². The van der Waals surface area contributed by atoms with Crippen LogP contribution < -0.4 is 0 Å². The maximum Gasteiger partial charge on any atom is 0.323 e. The number of carbonyl (C=O) groups excluding carboxylic acids is 2. The molecule has 7 nitrogen and oxygen atoms in total. The molecular formula is C17H25N3O4S. The molecule has 25 heavy (non-hydrogen) atoms. The van der Waals surface area contributed by atoms with Gasteiger partial charge in [-0.2, -0.15) is 0 Å². The summed E-state index contributed by atoms with van der Waals surface area (Å²) in [5.74, 6) is -1.05. The summed E-state index contributed by atoms with van der Waals surface area (Å²) in [4.78, 5) is 43.0. The molecule has 1 fully saturated rings. The third kappa shape index (κ3) is 5.01. The van der Waals surface area contributed by atoms with Crippen molar-refractivity contribution < 1.29 is 19.5 Å². The van der Waals surface area contributed by atoms with Crippen molar-refractivity contribution in [2.45, 2.75) is 52.0 Å². The minimum Gasteiger partial charge on any atom is -0.480 e. The maximum atomic E-state index is 12.7. The molecule has 1 unspecified atom stereocenters. The van der Waals surface area contributed by atoms with Gasteiger partial charge in [-0.1, -0.05) is 13.8 Å². The monoisotopic (exact) mass is 367 g/mol. The van der Waals surface area contributed by atoms with Gasteiger partial charge in [0.15, 0.2) is 0 Å². The highest BCUT2D eigenvalue weighted by atomic mass is 32.1. The summed E-state index contributed by atoms with van der Waals surface area (Å²) < 4.78 is 0. The number of carboxylic acids is 1. The Morgan fingerprint density at radius 2 is 2.08 bits per heavy atom. The Morgan fingerprint density at radius 3 is 2.64 bits per heavy atom. The van der Waals surface area contributed by atoms with E-state index >= 15 is 0 Å². The van der Waals surface area contributed by atoms with Crippen LogP contribution in [0, 0.1) is 0 Å².